The van der Waals surface area contributed by atoms with Gasteiger partial charge in [-0.3, -0.25) is 4.79 Å². The van der Waals surface area contributed by atoms with Crippen LogP contribution in [0.1, 0.15) is 25.0 Å². The maximum Gasteiger partial charge on any atom is 0.418 e. The molecular weight excluding hydrogens is 447 g/mol. The summed E-state index contributed by atoms with van der Waals surface area (Å²) in [6.07, 6.45) is -1.95. The Balaban J connectivity index is 1.75. The van der Waals surface area contributed by atoms with Gasteiger partial charge in [0.2, 0.25) is 5.91 Å². The molecule has 34 heavy (non-hydrogen) atoms. The average Bonchev–Trinajstić information content (AvgIpc) is 2.78. The van der Waals surface area contributed by atoms with Crippen molar-refractivity contribution in [2.24, 2.45) is 0 Å². The van der Waals surface area contributed by atoms with E-state index in [1.165, 1.54) is 25.3 Å². The largest absolute Gasteiger partial charge is 0.493 e. The van der Waals surface area contributed by atoms with E-state index in [9.17, 15) is 18.0 Å². The SMILES string of the molecule is COc1cc(/C=C/C(=O)Nc2ccc(N3CCN(C)CC3)cc2C(F)(F)F)ccc1OC(C)C. The lowest BCUT2D eigenvalue weighted by Gasteiger charge is -2.34. The van der Waals surface area contributed by atoms with Gasteiger partial charge >= 0.3 is 6.18 Å². The van der Waals surface area contributed by atoms with Crippen molar-refractivity contribution in [3.05, 3.63) is 53.6 Å². The minimum Gasteiger partial charge on any atom is -0.493 e. The summed E-state index contributed by atoms with van der Waals surface area (Å²) in [5, 5.41) is 2.36. The highest BCUT2D eigenvalue weighted by Crippen LogP contribution is 2.37. The van der Waals surface area contributed by atoms with E-state index >= 15 is 0 Å². The number of carbonyl (C=O) groups excluding carboxylic acids is 1. The summed E-state index contributed by atoms with van der Waals surface area (Å²) in [4.78, 5) is 16.5. The van der Waals surface area contributed by atoms with Gasteiger partial charge in [0.15, 0.2) is 11.5 Å². The molecule has 1 saturated heterocycles. The first-order valence-electron chi connectivity index (χ1n) is 11.1. The molecule has 1 amide bonds. The Morgan fingerprint density at radius 3 is 2.38 bits per heavy atom. The zero-order chi connectivity index (χ0) is 24.9. The molecule has 0 atom stereocenters. The highest BCUT2D eigenvalue weighted by molar-refractivity contribution is 6.02. The van der Waals surface area contributed by atoms with E-state index in [-0.39, 0.29) is 11.8 Å². The molecule has 3 rings (SSSR count). The van der Waals surface area contributed by atoms with Crippen molar-refractivity contribution in [2.45, 2.75) is 26.1 Å². The van der Waals surface area contributed by atoms with Crippen molar-refractivity contribution in [1.29, 1.82) is 0 Å². The number of likely N-dealkylation sites (N-methyl/N-ethyl adjacent to an activating group) is 1. The predicted molar refractivity (Wildman–Crippen MR) is 128 cm³/mol. The van der Waals surface area contributed by atoms with Crippen molar-refractivity contribution >= 4 is 23.4 Å². The van der Waals surface area contributed by atoms with Gasteiger partial charge < -0.3 is 24.6 Å². The number of ether oxygens (including phenoxy) is 2. The molecule has 0 bridgehead atoms. The van der Waals surface area contributed by atoms with Crippen LogP contribution in [-0.2, 0) is 11.0 Å². The Morgan fingerprint density at radius 2 is 1.76 bits per heavy atom. The number of anilines is 2. The number of nitrogens with one attached hydrogen (secondary N) is 1. The minimum absolute atomic E-state index is 0.0356. The third kappa shape index (κ3) is 6.66. The topological polar surface area (TPSA) is 54.0 Å². The summed E-state index contributed by atoms with van der Waals surface area (Å²) >= 11 is 0. The second-order valence-corrected chi connectivity index (χ2v) is 8.42. The van der Waals surface area contributed by atoms with E-state index < -0.39 is 17.6 Å². The zero-order valence-electron chi connectivity index (χ0n) is 19.8. The molecule has 0 aliphatic carbocycles. The molecule has 2 aromatic rings. The molecule has 1 heterocycles. The fraction of sp³-hybridized carbons (Fsp3) is 0.400. The molecule has 0 saturated carbocycles. The van der Waals surface area contributed by atoms with Crippen LogP contribution in [0.25, 0.3) is 6.08 Å². The van der Waals surface area contributed by atoms with Gasteiger partial charge in [-0.1, -0.05) is 6.07 Å². The molecule has 0 unspecified atom stereocenters. The molecule has 9 heteroatoms. The van der Waals surface area contributed by atoms with Crippen LogP contribution in [0.15, 0.2) is 42.5 Å². The number of halogens is 3. The average molecular weight is 478 g/mol. The molecule has 0 spiro atoms. The summed E-state index contributed by atoms with van der Waals surface area (Å²) in [6, 6.07) is 9.16. The maximum absolute atomic E-state index is 13.7. The van der Waals surface area contributed by atoms with Crippen LogP contribution in [0.4, 0.5) is 24.5 Å². The second-order valence-electron chi connectivity index (χ2n) is 8.42. The molecule has 2 aromatic carbocycles. The fourth-order valence-corrected chi connectivity index (χ4v) is 3.62. The standard InChI is InChI=1S/C25H30F3N3O3/c1-17(2)34-22-9-5-18(15-23(22)33-4)6-10-24(32)29-21-8-7-19(16-20(21)25(26,27)28)31-13-11-30(3)12-14-31/h5-10,15-17H,11-14H2,1-4H3,(H,29,32)/b10-6+. The lowest BCUT2D eigenvalue weighted by molar-refractivity contribution is -0.136. The minimum atomic E-state index is -4.60. The summed E-state index contributed by atoms with van der Waals surface area (Å²) in [5.41, 5.74) is -0.0184. The first-order valence-corrected chi connectivity index (χ1v) is 11.1. The summed E-state index contributed by atoms with van der Waals surface area (Å²) in [5.74, 6) is 0.392. The van der Waals surface area contributed by atoms with Gasteiger partial charge in [-0.25, -0.2) is 0 Å². The third-order valence-corrected chi connectivity index (χ3v) is 5.41. The molecule has 0 aromatic heterocycles. The van der Waals surface area contributed by atoms with Crippen LogP contribution in [0.5, 0.6) is 11.5 Å². The predicted octanol–water partition coefficient (Wildman–Crippen LogP) is 4.90. The number of nitrogens with zero attached hydrogens (tertiary/aromatic N) is 2. The van der Waals surface area contributed by atoms with Crippen molar-refractivity contribution < 1.29 is 27.4 Å². The molecule has 1 fully saturated rings. The smallest absolute Gasteiger partial charge is 0.418 e. The second kappa shape index (κ2) is 10.8. The van der Waals surface area contributed by atoms with Crippen LogP contribution in [0.2, 0.25) is 0 Å². The number of methoxy groups -OCH3 is 1. The van der Waals surface area contributed by atoms with E-state index in [4.69, 9.17) is 9.47 Å². The van der Waals surface area contributed by atoms with E-state index in [0.29, 0.717) is 35.8 Å². The molecular formula is C25H30F3N3O3. The Labute approximate surface area is 197 Å². The van der Waals surface area contributed by atoms with Gasteiger partial charge in [0, 0.05) is 37.9 Å². The van der Waals surface area contributed by atoms with Crippen LogP contribution < -0.4 is 19.7 Å². The van der Waals surface area contributed by atoms with Crippen molar-refractivity contribution in [1.82, 2.24) is 4.90 Å². The van der Waals surface area contributed by atoms with Gasteiger partial charge in [-0.15, -0.1) is 0 Å². The molecule has 184 valence electrons. The van der Waals surface area contributed by atoms with Gasteiger partial charge in [0.1, 0.15) is 0 Å². The number of benzene rings is 2. The molecule has 1 aliphatic heterocycles. The summed E-state index contributed by atoms with van der Waals surface area (Å²) in [7, 11) is 3.49. The van der Waals surface area contributed by atoms with Crippen LogP contribution >= 0.6 is 0 Å². The maximum atomic E-state index is 13.7. The number of hydrogen-bond donors (Lipinski definition) is 1. The fourth-order valence-electron chi connectivity index (χ4n) is 3.62. The normalized spacial score (nSPS) is 15.1. The highest BCUT2D eigenvalue weighted by Gasteiger charge is 2.34. The van der Waals surface area contributed by atoms with Gasteiger partial charge in [-0.05, 0) is 62.9 Å². The van der Waals surface area contributed by atoms with Crippen LogP contribution in [0.3, 0.4) is 0 Å². The zero-order valence-corrected chi connectivity index (χ0v) is 19.8. The summed E-state index contributed by atoms with van der Waals surface area (Å²) in [6.45, 7) is 6.63. The Morgan fingerprint density at radius 1 is 1.06 bits per heavy atom. The Kier molecular flexibility index (Phi) is 8.09. The van der Waals surface area contributed by atoms with Crippen LogP contribution in [0, 0.1) is 0 Å². The number of rotatable bonds is 7. The number of amides is 1. The monoisotopic (exact) mass is 477 g/mol. The quantitative estimate of drug-likeness (QED) is 0.575. The molecule has 6 nitrogen and oxygen atoms in total. The van der Waals surface area contributed by atoms with Gasteiger partial charge in [0.25, 0.3) is 0 Å². The van der Waals surface area contributed by atoms with E-state index in [0.717, 1.165) is 19.2 Å². The van der Waals surface area contributed by atoms with Gasteiger partial charge in [0.05, 0.1) is 24.5 Å². The van der Waals surface area contributed by atoms with E-state index in [1.54, 1.807) is 24.3 Å². The lowest BCUT2D eigenvalue weighted by atomic mass is 10.1. The summed E-state index contributed by atoms with van der Waals surface area (Å²) < 4.78 is 52.2. The number of piperazine rings is 1. The van der Waals surface area contributed by atoms with E-state index in [1.807, 2.05) is 25.8 Å². The van der Waals surface area contributed by atoms with Crippen molar-refractivity contribution in [3.8, 4) is 11.5 Å². The Hall–Kier alpha value is -3.20. The first kappa shape index (κ1) is 25.4. The van der Waals surface area contributed by atoms with Crippen molar-refractivity contribution in [3.63, 3.8) is 0 Å². The van der Waals surface area contributed by atoms with E-state index in [2.05, 4.69) is 10.2 Å². The molecule has 0 radical (unpaired) electrons. The number of carbonyl (C=O) groups is 1. The first-order chi connectivity index (χ1) is 16.1. The lowest BCUT2D eigenvalue weighted by Crippen LogP contribution is -2.44. The molecule has 1 N–H and O–H groups in total. The number of alkyl halides is 3. The number of hydrogen-bond acceptors (Lipinski definition) is 5. The molecule has 1 aliphatic rings. The third-order valence-electron chi connectivity index (χ3n) is 5.41. The van der Waals surface area contributed by atoms with Crippen molar-refractivity contribution in [2.75, 3.05) is 50.6 Å². The Bertz CT molecular complexity index is 1030. The van der Waals surface area contributed by atoms with Crippen LogP contribution in [-0.4, -0.2) is 57.2 Å². The highest BCUT2D eigenvalue weighted by atomic mass is 19.4. The van der Waals surface area contributed by atoms with Gasteiger partial charge in [-0.2, -0.15) is 13.2 Å².